The van der Waals surface area contributed by atoms with E-state index in [0.717, 1.165) is 62.2 Å². The highest BCUT2D eigenvalue weighted by Gasteiger charge is 2.23. The molecule has 0 spiro atoms. The Bertz CT molecular complexity index is 629. The molecule has 0 saturated carbocycles. The van der Waals surface area contributed by atoms with Crippen molar-refractivity contribution in [1.82, 2.24) is 20.4 Å². The maximum absolute atomic E-state index is 5.71. The molecule has 1 saturated heterocycles. The molecule has 0 amide bonds. The number of furan rings is 1. The van der Waals surface area contributed by atoms with E-state index in [0.29, 0.717) is 12.0 Å². The Morgan fingerprint density at radius 2 is 2.08 bits per heavy atom. The number of aryl methyl sites for hydroxylation is 1. The van der Waals surface area contributed by atoms with Gasteiger partial charge in [0.05, 0.1) is 19.4 Å². The highest BCUT2D eigenvalue weighted by molar-refractivity contribution is 5.56. The van der Waals surface area contributed by atoms with Crippen molar-refractivity contribution in [3.63, 3.8) is 0 Å². The van der Waals surface area contributed by atoms with Crippen LogP contribution in [-0.2, 0) is 11.3 Å². The van der Waals surface area contributed by atoms with Gasteiger partial charge in [0.2, 0.25) is 0 Å². The summed E-state index contributed by atoms with van der Waals surface area (Å²) in [5.74, 6) is 2.35. The lowest BCUT2D eigenvalue weighted by atomic mass is 10.0. The van der Waals surface area contributed by atoms with Gasteiger partial charge in [0.25, 0.3) is 0 Å². The fourth-order valence-electron chi connectivity index (χ4n) is 3.28. The maximum atomic E-state index is 5.71. The maximum Gasteiger partial charge on any atom is 0.152 e. The lowest BCUT2D eigenvalue weighted by Crippen LogP contribution is -2.50. The Labute approximate surface area is 143 Å². The number of H-pyrrole nitrogens is 1. The zero-order valence-electron chi connectivity index (χ0n) is 14.8. The van der Waals surface area contributed by atoms with Crippen LogP contribution in [0.3, 0.4) is 0 Å². The predicted octanol–water partition coefficient (Wildman–Crippen LogP) is 2.42. The normalized spacial score (nSPS) is 17.5. The van der Waals surface area contributed by atoms with Gasteiger partial charge in [0.1, 0.15) is 11.5 Å². The van der Waals surface area contributed by atoms with Gasteiger partial charge >= 0.3 is 0 Å². The molecule has 1 aliphatic heterocycles. The van der Waals surface area contributed by atoms with E-state index >= 15 is 0 Å². The molecule has 3 heterocycles. The third kappa shape index (κ3) is 4.06. The van der Waals surface area contributed by atoms with Crippen LogP contribution in [0.1, 0.15) is 25.2 Å². The van der Waals surface area contributed by atoms with Crippen LogP contribution in [0, 0.1) is 12.8 Å². The average molecular weight is 332 g/mol. The van der Waals surface area contributed by atoms with Gasteiger partial charge in [-0.1, -0.05) is 13.8 Å². The third-order valence-corrected chi connectivity index (χ3v) is 4.66. The van der Waals surface area contributed by atoms with E-state index in [4.69, 9.17) is 9.15 Å². The zero-order chi connectivity index (χ0) is 16.9. The van der Waals surface area contributed by atoms with E-state index in [1.807, 2.05) is 25.3 Å². The van der Waals surface area contributed by atoms with Crippen LogP contribution in [0.2, 0.25) is 0 Å². The Hall–Kier alpha value is -1.63. The average Bonchev–Trinajstić information content (AvgIpc) is 3.20. The van der Waals surface area contributed by atoms with Gasteiger partial charge in [-0.05, 0) is 25.0 Å². The van der Waals surface area contributed by atoms with Crippen LogP contribution in [-0.4, -0.2) is 54.0 Å². The fourth-order valence-corrected chi connectivity index (χ4v) is 3.28. The SMILES string of the molecule is Cc1ccc(-c2[nH]ncc2CNC[C@@H](C(C)C)N2CCOCC2)o1. The topological polar surface area (TPSA) is 66.3 Å². The molecule has 2 aromatic heterocycles. The van der Waals surface area contributed by atoms with Crippen molar-refractivity contribution in [3.8, 4) is 11.5 Å². The summed E-state index contributed by atoms with van der Waals surface area (Å²) in [6.07, 6.45) is 1.87. The molecule has 1 atom stereocenters. The van der Waals surface area contributed by atoms with Crippen molar-refractivity contribution in [2.75, 3.05) is 32.8 Å². The number of ether oxygens (including phenoxy) is 1. The Morgan fingerprint density at radius 1 is 1.29 bits per heavy atom. The lowest BCUT2D eigenvalue weighted by molar-refractivity contribution is 0.00648. The minimum Gasteiger partial charge on any atom is -0.460 e. The van der Waals surface area contributed by atoms with Gasteiger partial charge in [-0.2, -0.15) is 5.10 Å². The summed E-state index contributed by atoms with van der Waals surface area (Å²) in [5, 5.41) is 10.8. The molecule has 132 valence electrons. The number of nitrogens with zero attached hydrogens (tertiary/aromatic N) is 2. The second-order valence-electron chi connectivity index (χ2n) is 6.77. The summed E-state index contributed by atoms with van der Waals surface area (Å²) in [6, 6.07) is 4.48. The highest BCUT2D eigenvalue weighted by atomic mass is 16.5. The van der Waals surface area contributed by atoms with Crippen LogP contribution in [0.4, 0.5) is 0 Å². The molecule has 1 fully saturated rings. The molecule has 0 radical (unpaired) electrons. The van der Waals surface area contributed by atoms with Crippen molar-refractivity contribution >= 4 is 0 Å². The van der Waals surface area contributed by atoms with Gasteiger partial charge in [-0.25, -0.2) is 0 Å². The Balaban J connectivity index is 1.58. The third-order valence-electron chi connectivity index (χ3n) is 4.66. The van der Waals surface area contributed by atoms with E-state index in [1.54, 1.807) is 0 Å². The second kappa shape index (κ2) is 7.96. The molecule has 3 rings (SSSR count). The van der Waals surface area contributed by atoms with Crippen molar-refractivity contribution in [2.45, 2.75) is 33.4 Å². The van der Waals surface area contributed by atoms with Crippen LogP contribution in [0.15, 0.2) is 22.7 Å². The smallest absolute Gasteiger partial charge is 0.152 e. The first-order valence-electron chi connectivity index (χ1n) is 8.76. The number of morpholine rings is 1. The molecule has 0 bridgehead atoms. The number of hydrogen-bond donors (Lipinski definition) is 2. The summed E-state index contributed by atoms with van der Waals surface area (Å²) < 4.78 is 11.2. The summed E-state index contributed by atoms with van der Waals surface area (Å²) in [7, 11) is 0. The van der Waals surface area contributed by atoms with Gasteiger partial charge in [-0.3, -0.25) is 10.00 Å². The monoisotopic (exact) mass is 332 g/mol. The first kappa shape index (κ1) is 17.2. The van der Waals surface area contributed by atoms with Gasteiger partial charge in [0, 0.05) is 37.8 Å². The minimum absolute atomic E-state index is 0.523. The van der Waals surface area contributed by atoms with E-state index < -0.39 is 0 Å². The zero-order valence-corrected chi connectivity index (χ0v) is 14.8. The molecule has 0 aliphatic carbocycles. The molecule has 6 nitrogen and oxygen atoms in total. The van der Waals surface area contributed by atoms with Crippen molar-refractivity contribution in [1.29, 1.82) is 0 Å². The van der Waals surface area contributed by atoms with Crippen molar-refractivity contribution in [2.24, 2.45) is 5.92 Å². The largest absolute Gasteiger partial charge is 0.460 e. The number of nitrogens with one attached hydrogen (secondary N) is 2. The standard InChI is InChI=1S/C18H28N4O2/c1-13(2)16(22-6-8-23-9-7-22)12-19-10-15-11-20-21-18(15)17-5-4-14(3)24-17/h4-5,11,13,16,19H,6-10,12H2,1-3H3,(H,20,21)/t16-/m0/s1. The van der Waals surface area contributed by atoms with Gasteiger partial charge < -0.3 is 14.5 Å². The van der Waals surface area contributed by atoms with Crippen LogP contribution in [0.25, 0.3) is 11.5 Å². The fraction of sp³-hybridized carbons (Fsp3) is 0.611. The van der Waals surface area contributed by atoms with Crippen LogP contribution < -0.4 is 5.32 Å². The van der Waals surface area contributed by atoms with E-state index in [1.165, 1.54) is 0 Å². The summed E-state index contributed by atoms with van der Waals surface area (Å²) in [6.45, 7) is 12.0. The van der Waals surface area contributed by atoms with Crippen LogP contribution in [0.5, 0.6) is 0 Å². The molecule has 0 unspecified atom stereocenters. The number of aromatic amines is 1. The molecule has 1 aliphatic rings. The lowest BCUT2D eigenvalue weighted by Gasteiger charge is -2.37. The van der Waals surface area contributed by atoms with Crippen LogP contribution >= 0.6 is 0 Å². The summed E-state index contributed by atoms with van der Waals surface area (Å²) in [4.78, 5) is 2.54. The van der Waals surface area contributed by atoms with Crippen molar-refractivity contribution in [3.05, 3.63) is 29.7 Å². The molecule has 2 N–H and O–H groups in total. The number of aromatic nitrogens is 2. The van der Waals surface area contributed by atoms with Gasteiger partial charge in [-0.15, -0.1) is 0 Å². The quantitative estimate of drug-likeness (QED) is 0.815. The van der Waals surface area contributed by atoms with E-state index in [-0.39, 0.29) is 0 Å². The minimum atomic E-state index is 0.523. The summed E-state index contributed by atoms with van der Waals surface area (Å²) >= 11 is 0. The first-order chi connectivity index (χ1) is 11.6. The Morgan fingerprint density at radius 3 is 2.75 bits per heavy atom. The highest BCUT2D eigenvalue weighted by Crippen LogP contribution is 2.23. The molecule has 6 heteroatoms. The molecular weight excluding hydrogens is 304 g/mol. The number of rotatable bonds is 7. The molecule has 2 aromatic rings. The van der Waals surface area contributed by atoms with Gasteiger partial charge in [0.15, 0.2) is 5.76 Å². The molecule has 24 heavy (non-hydrogen) atoms. The summed E-state index contributed by atoms with van der Waals surface area (Å²) in [5.41, 5.74) is 2.09. The predicted molar refractivity (Wildman–Crippen MR) is 93.8 cm³/mol. The molecule has 0 aromatic carbocycles. The van der Waals surface area contributed by atoms with E-state index in [2.05, 4.69) is 34.3 Å². The van der Waals surface area contributed by atoms with E-state index in [9.17, 15) is 0 Å². The first-order valence-corrected chi connectivity index (χ1v) is 8.76. The van der Waals surface area contributed by atoms with Crippen molar-refractivity contribution < 1.29 is 9.15 Å². The number of hydrogen-bond acceptors (Lipinski definition) is 5. The second-order valence-corrected chi connectivity index (χ2v) is 6.77. The molecular formula is C18H28N4O2. The Kier molecular flexibility index (Phi) is 5.71.